The number of aromatic nitrogens is 2. The van der Waals surface area contributed by atoms with Crippen molar-refractivity contribution in [3.63, 3.8) is 0 Å². The van der Waals surface area contributed by atoms with Crippen molar-refractivity contribution in [3.8, 4) is 0 Å². The third-order valence-electron chi connectivity index (χ3n) is 4.27. The standard InChI is InChI=1S/C13H24N4O2S/c1-2-17(20(18,19)12-7-10-15-16-12)13(11-14)8-5-3-4-6-9-13/h7,10H,2-6,8-9,11,14H2,1H3,(H,15,16). The molecule has 1 fully saturated rings. The summed E-state index contributed by atoms with van der Waals surface area (Å²) in [6, 6.07) is 1.50. The Morgan fingerprint density at radius 3 is 2.45 bits per heavy atom. The minimum atomic E-state index is -3.56. The third kappa shape index (κ3) is 2.75. The van der Waals surface area contributed by atoms with E-state index >= 15 is 0 Å². The lowest BCUT2D eigenvalue weighted by Crippen LogP contribution is -2.56. The minimum absolute atomic E-state index is 0.149. The van der Waals surface area contributed by atoms with Crippen LogP contribution in [0.1, 0.15) is 45.4 Å². The molecule has 0 aromatic carbocycles. The fraction of sp³-hybridized carbons (Fsp3) is 0.769. The topological polar surface area (TPSA) is 92.1 Å². The molecule has 1 aromatic rings. The second-order valence-electron chi connectivity index (χ2n) is 5.43. The number of sulfonamides is 1. The molecule has 0 aliphatic heterocycles. The molecule has 2 rings (SSSR count). The largest absolute Gasteiger partial charge is 0.329 e. The highest BCUT2D eigenvalue weighted by Gasteiger charge is 2.42. The van der Waals surface area contributed by atoms with Gasteiger partial charge >= 0.3 is 0 Å². The number of hydrogen-bond donors (Lipinski definition) is 2. The van der Waals surface area contributed by atoms with Crippen LogP contribution in [-0.2, 0) is 10.0 Å². The molecular formula is C13H24N4O2S. The van der Waals surface area contributed by atoms with Gasteiger partial charge in [0.2, 0.25) is 0 Å². The van der Waals surface area contributed by atoms with E-state index in [1.165, 1.54) is 12.3 Å². The molecule has 0 unspecified atom stereocenters. The second kappa shape index (κ2) is 6.24. The van der Waals surface area contributed by atoms with Crippen LogP contribution in [-0.4, -0.2) is 41.5 Å². The van der Waals surface area contributed by atoms with E-state index in [1.807, 2.05) is 6.92 Å². The van der Waals surface area contributed by atoms with Crippen molar-refractivity contribution in [2.45, 2.75) is 56.0 Å². The predicted molar refractivity (Wildman–Crippen MR) is 77.6 cm³/mol. The Bertz CT molecular complexity index is 504. The maximum atomic E-state index is 12.8. The first-order valence-electron chi connectivity index (χ1n) is 7.29. The van der Waals surface area contributed by atoms with Crippen LogP contribution in [0.2, 0.25) is 0 Å². The Morgan fingerprint density at radius 1 is 1.35 bits per heavy atom. The van der Waals surface area contributed by atoms with Crippen LogP contribution in [0.15, 0.2) is 17.3 Å². The second-order valence-corrected chi connectivity index (χ2v) is 7.26. The number of aromatic amines is 1. The molecule has 1 aromatic heterocycles. The minimum Gasteiger partial charge on any atom is -0.329 e. The quantitative estimate of drug-likeness (QED) is 0.805. The average Bonchev–Trinajstić information content (AvgIpc) is 2.88. The van der Waals surface area contributed by atoms with E-state index in [4.69, 9.17) is 5.73 Å². The molecule has 0 saturated heterocycles. The van der Waals surface area contributed by atoms with Gasteiger partial charge in [-0.3, -0.25) is 5.10 Å². The lowest BCUT2D eigenvalue weighted by molar-refractivity contribution is 0.173. The van der Waals surface area contributed by atoms with Crippen LogP contribution in [0.25, 0.3) is 0 Å². The van der Waals surface area contributed by atoms with E-state index in [2.05, 4.69) is 10.2 Å². The Kier molecular flexibility index (Phi) is 4.82. The van der Waals surface area contributed by atoms with Crippen molar-refractivity contribution in [1.82, 2.24) is 14.5 Å². The molecule has 1 heterocycles. The van der Waals surface area contributed by atoms with Crippen molar-refractivity contribution in [2.75, 3.05) is 13.1 Å². The van der Waals surface area contributed by atoms with E-state index in [1.54, 1.807) is 4.31 Å². The molecular weight excluding hydrogens is 276 g/mol. The Hall–Kier alpha value is -0.920. The molecule has 0 radical (unpaired) electrons. The molecule has 20 heavy (non-hydrogen) atoms. The molecule has 0 amide bonds. The van der Waals surface area contributed by atoms with Gasteiger partial charge in [0.15, 0.2) is 5.03 Å². The molecule has 1 saturated carbocycles. The van der Waals surface area contributed by atoms with Crippen molar-refractivity contribution in [3.05, 3.63) is 12.3 Å². The van der Waals surface area contributed by atoms with Gasteiger partial charge in [-0.15, -0.1) is 0 Å². The van der Waals surface area contributed by atoms with Crippen molar-refractivity contribution < 1.29 is 8.42 Å². The number of rotatable bonds is 5. The highest BCUT2D eigenvalue weighted by molar-refractivity contribution is 7.89. The van der Waals surface area contributed by atoms with Crippen LogP contribution in [0.3, 0.4) is 0 Å². The van der Waals surface area contributed by atoms with Crippen LogP contribution >= 0.6 is 0 Å². The van der Waals surface area contributed by atoms with Crippen molar-refractivity contribution in [1.29, 1.82) is 0 Å². The summed E-state index contributed by atoms with van der Waals surface area (Å²) in [7, 11) is -3.56. The Balaban J connectivity index is 2.39. The van der Waals surface area contributed by atoms with Gasteiger partial charge in [0.25, 0.3) is 10.0 Å². The molecule has 0 atom stereocenters. The molecule has 0 spiro atoms. The Morgan fingerprint density at radius 2 is 2.00 bits per heavy atom. The van der Waals surface area contributed by atoms with Crippen molar-refractivity contribution in [2.24, 2.45) is 5.73 Å². The fourth-order valence-electron chi connectivity index (χ4n) is 3.21. The van der Waals surface area contributed by atoms with Gasteiger partial charge in [-0.2, -0.15) is 9.40 Å². The fourth-order valence-corrected chi connectivity index (χ4v) is 4.95. The summed E-state index contributed by atoms with van der Waals surface area (Å²) >= 11 is 0. The van der Waals surface area contributed by atoms with Crippen LogP contribution in [0.5, 0.6) is 0 Å². The summed E-state index contributed by atoms with van der Waals surface area (Å²) in [4.78, 5) is 0. The monoisotopic (exact) mass is 300 g/mol. The molecule has 114 valence electrons. The van der Waals surface area contributed by atoms with Gasteiger partial charge in [0.05, 0.1) is 6.20 Å². The summed E-state index contributed by atoms with van der Waals surface area (Å²) in [5.74, 6) is 0. The van der Waals surface area contributed by atoms with Gasteiger partial charge in [0, 0.05) is 18.6 Å². The average molecular weight is 300 g/mol. The molecule has 1 aliphatic rings. The van der Waals surface area contributed by atoms with Crippen molar-refractivity contribution >= 4 is 10.0 Å². The molecule has 1 aliphatic carbocycles. The van der Waals surface area contributed by atoms with Crippen LogP contribution in [0.4, 0.5) is 0 Å². The summed E-state index contributed by atoms with van der Waals surface area (Å²) in [6.07, 6.45) is 7.52. The highest BCUT2D eigenvalue weighted by atomic mass is 32.2. The molecule has 3 N–H and O–H groups in total. The van der Waals surface area contributed by atoms with E-state index < -0.39 is 15.6 Å². The van der Waals surface area contributed by atoms with Gasteiger partial charge in [0.1, 0.15) is 0 Å². The summed E-state index contributed by atoms with van der Waals surface area (Å²) in [5, 5.41) is 6.47. The van der Waals surface area contributed by atoms with Gasteiger partial charge < -0.3 is 5.73 Å². The zero-order chi connectivity index (χ0) is 14.6. The molecule has 0 bridgehead atoms. The Labute approximate surface area is 120 Å². The van der Waals surface area contributed by atoms with Crippen LogP contribution < -0.4 is 5.73 Å². The van der Waals surface area contributed by atoms with E-state index in [0.717, 1.165) is 38.5 Å². The number of nitrogens with zero attached hydrogens (tertiary/aromatic N) is 2. The maximum absolute atomic E-state index is 12.8. The number of nitrogens with two attached hydrogens (primary N) is 1. The van der Waals surface area contributed by atoms with Gasteiger partial charge in [-0.25, -0.2) is 8.42 Å². The lowest BCUT2D eigenvalue weighted by atomic mass is 9.90. The number of likely N-dealkylation sites (N-methyl/N-ethyl adjacent to an activating group) is 1. The lowest BCUT2D eigenvalue weighted by Gasteiger charge is -2.41. The van der Waals surface area contributed by atoms with E-state index in [-0.39, 0.29) is 5.03 Å². The summed E-state index contributed by atoms with van der Waals surface area (Å²) in [5.41, 5.74) is 5.55. The number of hydrogen-bond acceptors (Lipinski definition) is 4. The smallest absolute Gasteiger partial charge is 0.260 e. The first-order valence-corrected chi connectivity index (χ1v) is 8.73. The normalized spacial score (nSPS) is 19.9. The number of H-pyrrole nitrogens is 1. The zero-order valence-electron chi connectivity index (χ0n) is 12.0. The van der Waals surface area contributed by atoms with Gasteiger partial charge in [-0.1, -0.05) is 32.6 Å². The first-order chi connectivity index (χ1) is 9.57. The summed E-state index contributed by atoms with van der Waals surface area (Å²) < 4.78 is 27.2. The molecule has 7 heteroatoms. The van der Waals surface area contributed by atoms with Crippen LogP contribution in [0, 0.1) is 0 Å². The zero-order valence-corrected chi connectivity index (χ0v) is 12.8. The van der Waals surface area contributed by atoms with E-state index in [0.29, 0.717) is 13.1 Å². The third-order valence-corrected chi connectivity index (χ3v) is 6.28. The first kappa shape index (κ1) is 15.5. The summed E-state index contributed by atoms with van der Waals surface area (Å²) in [6.45, 7) is 2.67. The predicted octanol–water partition coefficient (Wildman–Crippen LogP) is 1.47. The SMILES string of the molecule is CCN(C1(CN)CCCCCC1)S(=O)(=O)c1ccn[nH]1. The van der Waals surface area contributed by atoms with Gasteiger partial charge in [-0.05, 0) is 18.9 Å². The number of nitrogens with one attached hydrogen (secondary N) is 1. The highest BCUT2D eigenvalue weighted by Crippen LogP contribution is 2.35. The van der Waals surface area contributed by atoms with E-state index in [9.17, 15) is 8.42 Å². The molecule has 6 nitrogen and oxygen atoms in total. The maximum Gasteiger partial charge on any atom is 0.260 e.